The lowest BCUT2D eigenvalue weighted by Crippen LogP contribution is -2.43. The lowest BCUT2D eigenvalue weighted by atomic mass is 10.0. The molecule has 0 aliphatic carbocycles. The second kappa shape index (κ2) is 12.0. The molecule has 1 N–H and O–H groups in total. The number of ether oxygens (including phenoxy) is 5. The Hall–Kier alpha value is -4.79. The largest absolute Gasteiger partial charge is 0.497 e. The van der Waals surface area contributed by atoms with Crippen LogP contribution in [-0.2, 0) is 16.0 Å². The molecule has 0 radical (unpaired) electrons. The fourth-order valence-electron chi connectivity index (χ4n) is 3.91. The maximum absolute atomic E-state index is 12.7. The molecule has 3 aromatic carbocycles. The van der Waals surface area contributed by atoms with Gasteiger partial charge in [-0.2, -0.15) is 0 Å². The number of pyridine rings is 1. The van der Waals surface area contributed by atoms with Crippen LogP contribution in [0.3, 0.4) is 0 Å². The fourth-order valence-corrected chi connectivity index (χ4v) is 3.91. The van der Waals surface area contributed by atoms with E-state index in [1.807, 2.05) is 18.2 Å². The van der Waals surface area contributed by atoms with Crippen molar-refractivity contribution in [2.75, 3.05) is 28.4 Å². The molecule has 1 atom stereocenters. The van der Waals surface area contributed by atoms with E-state index in [4.69, 9.17) is 23.7 Å². The van der Waals surface area contributed by atoms with E-state index in [1.165, 1.54) is 7.11 Å². The maximum Gasteiger partial charge on any atom is 0.328 e. The van der Waals surface area contributed by atoms with Crippen LogP contribution in [0.5, 0.6) is 28.7 Å². The van der Waals surface area contributed by atoms with Gasteiger partial charge >= 0.3 is 5.97 Å². The van der Waals surface area contributed by atoms with E-state index in [2.05, 4.69) is 10.3 Å². The van der Waals surface area contributed by atoms with Crippen LogP contribution in [-0.4, -0.2) is 51.3 Å². The van der Waals surface area contributed by atoms with Gasteiger partial charge in [-0.3, -0.25) is 9.78 Å². The molecular weight excluding hydrogens is 488 g/mol. The molecule has 4 rings (SSSR count). The third-order valence-electron chi connectivity index (χ3n) is 5.94. The summed E-state index contributed by atoms with van der Waals surface area (Å²) < 4.78 is 26.9. The molecule has 1 heterocycles. The summed E-state index contributed by atoms with van der Waals surface area (Å²) in [6, 6.07) is 18.4. The monoisotopic (exact) mass is 516 g/mol. The molecule has 0 bridgehead atoms. The summed E-state index contributed by atoms with van der Waals surface area (Å²) in [5.74, 6) is 2.04. The Morgan fingerprint density at radius 2 is 1.45 bits per heavy atom. The third-order valence-corrected chi connectivity index (χ3v) is 5.94. The van der Waals surface area contributed by atoms with E-state index >= 15 is 0 Å². The van der Waals surface area contributed by atoms with Crippen LogP contribution in [0.25, 0.3) is 10.9 Å². The average molecular weight is 517 g/mol. The van der Waals surface area contributed by atoms with E-state index < -0.39 is 12.0 Å². The van der Waals surface area contributed by atoms with Gasteiger partial charge in [0.1, 0.15) is 23.3 Å². The van der Waals surface area contributed by atoms with Crippen LogP contribution in [0.15, 0.2) is 72.9 Å². The Balaban J connectivity index is 1.49. The van der Waals surface area contributed by atoms with E-state index in [0.29, 0.717) is 39.8 Å². The summed E-state index contributed by atoms with van der Waals surface area (Å²) >= 11 is 0. The highest BCUT2D eigenvalue weighted by Crippen LogP contribution is 2.36. The standard InChI is InChI=1S/C29H28N2O7/c1-34-20-11-7-19(8-12-20)28(32)31-24(29(33)37-4)15-18-5-9-21(10-6-18)38-25-13-14-30-23-17-27(36-3)26(35-2)16-22(23)25/h5-14,16-17,24H,15H2,1-4H3,(H,31,32). The number of benzene rings is 3. The zero-order valence-electron chi connectivity index (χ0n) is 21.5. The molecule has 9 heteroatoms. The number of carbonyl (C=O) groups is 2. The number of nitrogens with zero attached hydrogens (tertiary/aromatic N) is 1. The van der Waals surface area contributed by atoms with Crippen LogP contribution in [0.4, 0.5) is 0 Å². The van der Waals surface area contributed by atoms with Crippen molar-refractivity contribution < 1.29 is 33.3 Å². The molecule has 0 aliphatic heterocycles. The lowest BCUT2D eigenvalue weighted by Gasteiger charge is -2.17. The molecule has 0 spiro atoms. The van der Waals surface area contributed by atoms with Gasteiger partial charge in [0.05, 0.1) is 34.0 Å². The van der Waals surface area contributed by atoms with Crippen molar-refractivity contribution in [3.63, 3.8) is 0 Å². The van der Waals surface area contributed by atoms with Crippen molar-refractivity contribution in [2.24, 2.45) is 0 Å². The Labute approximate surface area is 220 Å². The predicted octanol–water partition coefficient (Wildman–Crippen LogP) is 4.57. The highest BCUT2D eigenvalue weighted by molar-refractivity contribution is 5.97. The first-order valence-corrected chi connectivity index (χ1v) is 11.8. The van der Waals surface area contributed by atoms with E-state index in [9.17, 15) is 9.59 Å². The molecule has 0 saturated heterocycles. The fraction of sp³-hybridized carbons (Fsp3) is 0.207. The highest BCUT2D eigenvalue weighted by atomic mass is 16.5. The summed E-state index contributed by atoms with van der Waals surface area (Å²) in [5.41, 5.74) is 1.92. The summed E-state index contributed by atoms with van der Waals surface area (Å²) in [6.45, 7) is 0. The number of hydrogen-bond acceptors (Lipinski definition) is 8. The van der Waals surface area contributed by atoms with Gasteiger partial charge < -0.3 is 29.0 Å². The molecule has 38 heavy (non-hydrogen) atoms. The molecule has 1 unspecified atom stereocenters. The van der Waals surface area contributed by atoms with Gasteiger partial charge in [-0.1, -0.05) is 12.1 Å². The summed E-state index contributed by atoms with van der Waals surface area (Å²) in [7, 11) is 5.98. The quantitative estimate of drug-likeness (QED) is 0.306. The first kappa shape index (κ1) is 26.3. The van der Waals surface area contributed by atoms with Crippen molar-refractivity contribution in [1.29, 1.82) is 0 Å². The van der Waals surface area contributed by atoms with Gasteiger partial charge in [-0.25, -0.2) is 4.79 Å². The third kappa shape index (κ3) is 5.95. The highest BCUT2D eigenvalue weighted by Gasteiger charge is 2.23. The summed E-state index contributed by atoms with van der Waals surface area (Å²) in [4.78, 5) is 29.5. The minimum Gasteiger partial charge on any atom is -0.497 e. The molecule has 1 amide bonds. The number of nitrogens with one attached hydrogen (secondary N) is 1. The van der Waals surface area contributed by atoms with Gasteiger partial charge in [-0.15, -0.1) is 0 Å². The second-order valence-electron chi connectivity index (χ2n) is 8.26. The summed E-state index contributed by atoms with van der Waals surface area (Å²) in [5, 5.41) is 3.52. The second-order valence-corrected chi connectivity index (χ2v) is 8.26. The molecule has 4 aromatic rings. The number of rotatable bonds is 10. The Bertz CT molecular complexity index is 1420. The first-order valence-electron chi connectivity index (χ1n) is 11.8. The number of hydrogen-bond donors (Lipinski definition) is 1. The lowest BCUT2D eigenvalue weighted by molar-refractivity contribution is -0.142. The number of methoxy groups -OCH3 is 4. The normalized spacial score (nSPS) is 11.4. The number of esters is 1. The van der Waals surface area contributed by atoms with E-state index in [1.54, 1.807) is 76.1 Å². The molecule has 1 aromatic heterocycles. The van der Waals surface area contributed by atoms with Gasteiger partial charge in [0.25, 0.3) is 5.91 Å². The van der Waals surface area contributed by atoms with Crippen molar-refractivity contribution in [2.45, 2.75) is 12.5 Å². The van der Waals surface area contributed by atoms with Gasteiger partial charge in [0, 0.05) is 29.6 Å². The van der Waals surface area contributed by atoms with E-state index in [-0.39, 0.29) is 12.3 Å². The van der Waals surface area contributed by atoms with Crippen molar-refractivity contribution in [3.05, 3.63) is 84.1 Å². The van der Waals surface area contributed by atoms with Crippen molar-refractivity contribution in [3.8, 4) is 28.7 Å². The minimum absolute atomic E-state index is 0.240. The van der Waals surface area contributed by atoms with Gasteiger partial charge in [-0.05, 0) is 54.1 Å². The maximum atomic E-state index is 12.7. The van der Waals surface area contributed by atoms with Gasteiger partial charge in [0.15, 0.2) is 11.5 Å². The zero-order chi connectivity index (χ0) is 27.1. The summed E-state index contributed by atoms with van der Waals surface area (Å²) in [6.07, 6.45) is 1.90. The smallest absolute Gasteiger partial charge is 0.328 e. The molecule has 0 saturated carbocycles. The van der Waals surface area contributed by atoms with Crippen LogP contribution in [0, 0.1) is 0 Å². The molecule has 0 aliphatic rings. The molecule has 9 nitrogen and oxygen atoms in total. The number of fused-ring (bicyclic) bond motifs is 1. The van der Waals surface area contributed by atoms with Gasteiger partial charge in [0.2, 0.25) is 0 Å². The Morgan fingerprint density at radius 1 is 0.789 bits per heavy atom. The average Bonchev–Trinajstić information content (AvgIpc) is 2.96. The number of carbonyl (C=O) groups excluding carboxylic acids is 2. The number of amides is 1. The minimum atomic E-state index is -0.868. The van der Waals surface area contributed by atoms with Crippen LogP contribution in [0.1, 0.15) is 15.9 Å². The predicted molar refractivity (Wildman–Crippen MR) is 141 cm³/mol. The number of aromatic nitrogens is 1. The first-order chi connectivity index (χ1) is 18.4. The van der Waals surface area contributed by atoms with Crippen LogP contribution >= 0.6 is 0 Å². The van der Waals surface area contributed by atoms with Crippen LogP contribution in [0.2, 0.25) is 0 Å². The zero-order valence-corrected chi connectivity index (χ0v) is 21.5. The molecule has 0 fully saturated rings. The van der Waals surface area contributed by atoms with E-state index in [0.717, 1.165) is 10.9 Å². The molecular formula is C29H28N2O7. The Morgan fingerprint density at radius 3 is 2.08 bits per heavy atom. The van der Waals surface area contributed by atoms with Crippen LogP contribution < -0.4 is 24.3 Å². The SMILES string of the molecule is COC(=O)C(Cc1ccc(Oc2ccnc3cc(OC)c(OC)cc23)cc1)NC(=O)c1ccc(OC)cc1. The topological polar surface area (TPSA) is 105 Å². The molecule has 196 valence electrons. The van der Waals surface area contributed by atoms with Crippen molar-refractivity contribution >= 4 is 22.8 Å². The Kier molecular flexibility index (Phi) is 8.27. The van der Waals surface area contributed by atoms with Crippen molar-refractivity contribution in [1.82, 2.24) is 10.3 Å².